The first-order valence-corrected chi connectivity index (χ1v) is 8.87. The van der Waals surface area contributed by atoms with Crippen LogP contribution in [-0.4, -0.2) is 43.2 Å². The lowest BCUT2D eigenvalue weighted by atomic mass is 10.1. The van der Waals surface area contributed by atoms with E-state index >= 15 is 0 Å². The molecular formula is C18H23F2N3O. The predicted molar refractivity (Wildman–Crippen MR) is 87.9 cm³/mol. The highest BCUT2D eigenvalue weighted by atomic mass is 19.1. The summed E-state index contributed by atoms with van der Waals surface area (Å²) in [5.74, 6) is 0.480. The van der Waals surface area contributed by atoms with E-state index in [0.717, 1.165) is 12.1 Å². The molecule has 1 N–H and O–H groups in total. The minimum Gasteiger partial charge on any atom is -0.366 e. The number of anilines is 1. The average molecular weight is 335 g/mol. The van der Waals surface area contributed by atoms with Crippen LogP contribution in [0.1, 0.15) is 25.7 Å². The van der Waals surface area contributed by atoms with E-state index in [0.29, 0.717) is 44.1 Å². The van der Waals surface area contributed by atoms with Crippen molar-refractivity contribution in [2.24, 2.45) is 11.8 Å². The van der Waals surface area contributed by atoms with Gasteiger partial charge in [-0.1, -0.05) is 0 Å². The topological polar surface area (TPSA) is 35.6 Å². The van der Waals surface area contributed by atoms with E-state index in [1.54, 1.807) is 4.90 Å². The minimum atomic E-state index is -0.441. The Kier molecular flexibility index (Phi) is 4.06. The molecule has 1 saturated heterocycles. The van der Waals surface area contributed by atoms with Crippen molar-refractivity contribution in [2.75, 3.05) is 31.1 Å². The van der Waals surface area contributed by atoms with E-state index in [4.69, 9.17) is 0 Å². The number of carbonyl (C=O) groups is 1. The number of carbonyl (C=O) groups excluding carboxylic acids is 1. The molecule has 6 heteroatoms. The maximum absolute atomic E-state index is 13.9. The molecule has 0 radical (unpaired) electrons. The molecule has 4 nitrogen and oxygen atoms in total. The molecule has 2 aliphatic carbocycles. The molecule has 3 fully saturated rings. The minimum absolute atomic E-state index is 0.00170. The number of urea groups is 1. The van der Waals surface area contributed by atoms with Gasteiger partial charge in [-0.2, -0.15) is 0 Å². The van der Waals surface area contributed by atoms with E-state index < -0.39 is 11.6 Å². The number of amides is 2. The highest BCUT2D eigenvalue weighted by Crippen LogP contribution is 2.44. The van der Waals surface area contributed by atoms with E-state index in [1.165, 1.54) is 31.7 Å². The molecule has 4 rings (SSSR count). The van der Waals surface area contributed by atoms with Crippen LogP contribution in [0.4, 0.5) is 19.3 Å². The first-order valence-electron chi connectivity index (χ1n) is 8.87. The third kappa shape index (κ3) is 3.32. The fraction of sp³-hybridized carbons (Fsp3) is 0.611. The zero-order valence-electron chi connectivity index (χ0n) is 13.7. The number of hydrogen-bond donors (Lipinski definition) is 1. The average Bonchev–Trinajstić information content (AvgIpc) is 3.48. The van der Waals surface area contributed by atoms with Crippen molar-refractivity contribution in [3.8, 4) is 0 Å². The molecule has 2 saturated carbocycles. The van der Waals surface area contributed by atoms with Crippen LogP contribution in [0.5, 0.6) is 0 Å². The summed E-state index contributed by atoms with van der Waals surface area (Å²) in [7, 11) is 0. The second kappa shape index (κ2) is 6.22. The van der Waals surface area contributed by atoms with E-state index in [9.17, 15) is 13.6 Å². The van der Waals surface area contributed by atoms with Crippen molar-refractivity contribution in [3.05, 3.63) is 29.8 Å². The maximum atomic E-state index is 13.9. The Balaban J connectivity index is 1.33. The highest BCUT2D eigenvalue weighted by molar-refractivity contribution is 5.75. The Morgan fingerprint density at radius 3 is 2.25 bits per heavy atom. The molecule has 24 heavy (non-hydrogen) atoms. The number of nitrogens with one attached hydrogen (secondary N) is 1. The van der Waals surface area contributed by atoms with Crippen molar-refractivity contribution in [1.29, 1.82) is 0 Å². The monoisotopic (exact) mass is 335 g/mol. The molecule has 0 atom stereocenters. The van der Waals surface area contributed by atoms with Crippen LogP contribution in [0.3, 0.4) is 0 Å². The lowest BCUT2D eigenvalue weighted by Gasteiger charge is -2.37. The number of rotatable bonds is 4. The standard InChI is InChI=1S/C18H23F2N3O/c19-14-5-6-15(20)16(11-14)22-7-9-23(10-8-22)18(24)21-17(12-1-2-12)13-3-4-13/h5-6,11-13,17H,1-4,7-10H2,(H,21,24). The first-order chi connectivity index (χ1) is 11.6. The number of hydrogen-bond acceptors (Lipinski definition) is 2. The summed E-state index contributed by atoms with van der Waals surface area (Å²) in [5, 5.41) is 3.22. The van der Waals surface area contributed by atoms with Gasteiger partial charge in [-0.3, -0.25) is 0 Å². The van der Waals surface area contributed by atoms with Gasteiger partial charge in [0, 0.05) is 38.3 Å². The van der Waals surface area contributed by atoms with Crippen molar-refractivity contribution >= 4 is 11.7 Å². The van der Waals surface area contributed by atoms with Crippen LogP contribution < -0.4 is 10.2 Å². The van der Waals surface area contributed by atoms with Gasteiger partial charge in [0.15, 0.2) is 0 Å². The summed E-state index contributed by atoms with van der Waals surface area (Å²) < 4.78 is 27.2. The van der Waals surface area contributed by atoms with Crippen LogP contribution >= 0.6 is 0 Å². The summed E-state index contributed by atoms with van der Waals surface area (Å²) in [6.07, 6.45) is 4.92. The lowest BCUT2D eigenvalue weighted by Crippen LogP contribution is -2.54. The lowest BCUT2D eigenvalue weighted by molar-refractivity contribution is 0.186. The van der Waals surface area contributed by atoms with Crippen LogP contribution in [0.2, 0.25) is 0 Å². The maximum Gasteiger partial charge on any atom is 0.317 e. The normalized spacial score (nSPS) is 21.3. The second-order valence-electron chi connectivity index (χ2n) is 7.22. The van der Waals surface area contributed by atoms with Crippen LogP contribution in [0.15, 0.2) is 18.2 Å². The molecule has 1 heterocycles. The third-order valence-electron chi connectivity index (χ3n) is 5.37. The van der Waals surface area contributed by atoms with Crippen molar-refractivity contribution in [1.82, 2.24) is 10.2 Å². The van der Waals surface area contributed by atoms with E-state index in [-0.39, 0.29) is 11.7 Å². The molecule has 1 aromatic rings. The predicted octanol–water partition coefficient (Wildman–Crippen LogP) is 2.99. The van der Waals surface area contributed by atoms with Crippen LogP contribution in [0, 0.1) is 23.5 Å². The second-order valence-corrected chi connectivity index (χ2v) is 7.22. The molecule has 2 amide bonds. The Morgan fingerprint density at radius 2 is 1.67 bits per heavy atom. The summed E-state index contributed by atoms with van der Waals surface area (Å²) in [6.45, 7) is 2.10. The quantitative estimate of drug-likeness (QED) is 0.918. The van der Waals surface area contributed by atoms with Crippen LogP contribution in [0.25, 0.3) is 0 Å². The molecule has 0 spiro atoms. The van der Waals surface area contributed by atoms with Crippen molar-refractivity contribution in [3.63, 3.8) is 0 Å². The summed E-state index contributed by atoms with van der Waals surface area (Å²) in [6, 6.07) is 3.84. The van der Waals surface area contributed by atoms with Gasteiger partial charge in [0.25, 0.3) is 0 Å². The molecule has 1 aromatic carbocycles. The Labute approximate surface area is 140 Å². The largest absolute Gasteiger partial charge is 0.366 e. The first kappa shape index (κ1) is 15.7. The molecule has 0 bridgehead atoms. The third-order valence-corrected chi connectivity index (χ3v) is 5.37. The smallest absolute Gasteiger partial charge is 0.317 e. The Hall–Kier alpha value is -1.85. The van der Waals surface area contributed by atoms with Gasteiger partial charge in [0.05, 0.1) is 5.69 Å². The number of nitrogens with zero attached hydrogens (tertiary/aromatic N) is 2. The SMILES string of the molecule is O=C(NC(C1CC1)C1CC1)N1CCN(c2cc(F)ccc2F)CC1. The molecule has 0 unspecified atom stereocenters. The van der Waals surface area contributed by atoms with Gasteiger partial charge in [-0.25, -0.2) is 13.6 Å². The van der Waals surface area contributed by atoms with E-state index in [2.05, 4.69) is 5.32 Å². The fourth-order valence-electron chi connectivity index (χ4n) is 3.64. The summed E-state index contributed by atoms with van der Waals surface area (Å²) >= 11 is 0. The fourth-order valence-corrected chi connectivity index (χ4v) is 3.64. The van der Waals surface area contributed by atoms with E-state index in [1.807, 2.05) is 4.90 Å². The Bertz CT molecular complexity index is 611. The van der Waals surface area contributed by atoms with Crippen molar-refractivity contribution < 1.29 is 13.6 Å². The summed E-state index contributed by atoms with van der Waals surface area (Å²) in [4.78, 5) is 16.1. The zero-order chi connectivity index (χ0) is 16.7. The van der Waals surface area contributed by atoms with Crippen molar-refractivity contribution in [2.45, 2.75) is 31.7 Å². The zero-order valence-corrected chi connectivity index (χ0v) is 13.7. The number of halogens is 2. The van der Waals surface area contributed by atoms with Gasteiger partial charge >= 0.3 is 6.03 Å². The van der Waals surface area contributed by atoms with Gasteiger partial charge < -0.3 is 15.1 Å². The molecule has 3 aliphatic rings. The van der Waals surface area contributed by atoms with Gasteiger partial charge in [0.1, 0.15) is 11.6 Å². The molecular weight excluding hydrogens is 312 g/mol. The number of piperazine rings is 1. The molecule has 130 valence electrons. The van der Waals surface area contributed by atoms with Gasteiger partial charge in [-0.15, -0.1) is 0 Å². The molecule has 0 aromatic heterocycles. The Morgan fingerprint density at radius 1 is 1.04 bits per heavy atom. The number of benzene rings is 1. The van der Waals surface area contributed by atoms with Crippen LogP contribution in [-0.2, 0) is 0 Å². The highest BCUT2D eigenvalue weighted by Gasteiger charge is 2.42. The van der Waals surface area contributed by atoms with Gasteiger partial charge in [-0.05, 0) is 49.7 Å². The molecule has 1 aliphatic heterocycles. The summed E-state index contributed by atoms with van der Waals surface area (Å²) in [5.41, 5.74) is 0.281. The van der Waals surface area contributed by atoms with Gasteiger partial charge in [0.2, 0.25) is 0 Å².